The number of hydrogen-bond donors (Lipinski definition) is 1. The average Bonchev–Trinajstić information content (AvgIpc) is 1.27. The predicted octanol–water partition coefficient (Wildman–Crippen LogP) is -4.95. The summed E-state index contributed by atoms with van der Waals surface area (Å²) in [5.74, 6) is 0. The third kappa shape index (κ3) is 34.4. The van der Waals surface area contributed by atoms with Crippen LogP contribution in [-0.2, 0) is 0 Å². The van der Waals surface area contributed by atoms with Gasteiger partial charge in [-0.3, -0.25) is 0 Å². The van der Waals surface area contributed by atoms with Gasteiger partial charge in [0.25, 0.3) is 0 Å². The van der Waals surface area contributed by atoms with E-state index in [9.17, 15) is 0 Å². The monoisotopic (exact) mass is 165 g/mol. The summed E-state index contributed by atoms with van der Waals surface area (Å²) in [6, 6.07) is 1.25. The van der Waals surface area contributed by atoms with Crippen LogP contribution in [0.5, 0.6) is 0 Å². The second kappa shape index (κ2) is 17.5. The van der Waals surface area contributed by atoms with Crippen LogP contribution in [0, 0.1) is 0 Å². The standard InChI is InChI=1S/C6H15N.Li.Na.2H2O/c1-5(2)7-6(3)4;;;;/h5-7H,1-4H3;;;2*1H2/q;2*+1;;/p-2. The number of nitrogens with one attached hydrogen (secondary N) is 1. The van der Waals surface area contributed by atoms with Crippen molar-refractivity contribution >= 4 is 0 Å². The zero-order valence-corrected chi connectivity index (χ0v) is 10.5. The van der Waals surface area contributed by atoms with Gasteiger partial charge in [-0.25, -0.2) is 0 Å². The molecule has 5 heteroatoms. The van der Waals surface area contributed by atoms with Crippen molar-refractivity contribution in [3.05, 3.63) is 0 Å². The number of hydrogen-bond acceptors (Lipinski definition) is 3. The Balaban J connectivity index is -0.0000000300. The molecule has 0 amide bonds. The molecule has 0 saturated carbocycles. The first-order valence-corrected chi connectivity index (χ1v) is 2.89. The molecule has 0 heterocycles. The van der Waals surface area contributed by atoms with Crippen molar-refractivity contribution in [2.24, 2.45) is 0 Å². The maximum atomic E-state index is 3.31. The van der Waals surface area contributed by atoms with E-state index >= 15 is 0 Å². The summed E-state index contributed by atoms with van der Waals surface area (Å²) in [7, 11) is 0. The summed E-state index contributed by atoms with van der Waals surface area (Å²) in [5, 5.41) is 3.31. The second-order valence-electron chi connectivity index (χ2n) is 2.48. The van der Waals surface area contributed by atoms with Gasteiger partial charge in [-0.15, -0.1) is 0 Å². The van der Waals surface area contributed by atoms with Gasteiger partial charge in [-0.1, -0.05) is 27.7 Å². The molecule has 0 aromatic rings. The molecule has 3 nitrogen and oxygen atoms in total. The Hall–Kier alpha value is 1.48. The van der Waals surface area contributed by atoms with Gasteiger partial charge in [0, 0.05) is 12.1 Å². The van der Waals surface area contributed by atoms with Crippen LogP contribution in [0.25, 0.3) is 0 Å². The molecule has 0 spiro atoms. The molecule has 0 aliphatic carbocycles. The molecule has 60 valence electrons. The average molecular weight is 165 g/mol. The summed E-state index contributed by atoms with van der Waals surface area (Å²) < 4.78 is 0. The predicted molar refractivity (Wildman–Crippen MR) is 37.3 cm³/mol. The van der Waals surface area contributed by atoms with Crippen molar-refractivity contribution in [2.45, 2.75) is 39.8 Å². The van der Waals surface area contributed by atoms with E-state index in [0.29, 0.717) is 12.1 Å². The van der Waals surface area contributed by atoms with Gasteiger partial charge in [-0.2, -0.15) is 0 Å². The minimum absolute atomic E-state index is 0. The molecule has 0 bridgehead atoms. The van der Waals surface area contributed by atoms with Crippen LogP contribution in [0.1, 0.15) is 27.7 Å². The molecule has 3 N–H and O–H groups in total. The summed E-state index contributed by atoms with van der Waals surface area (Å²) in [4.78, 5) is 0. The Morgan fingerprint density at radius 1 is 0.818 bits per heavy atom. The van der Waals surface area contributed by atoms with Crippen LogP contribution in [0.2, 0.25) is 0 Å². The van der Waals surface area contributed by atoms with Crippen LogP contribution in [0.3, 0.4) is 0 Å². The van der Waals surface area contributed by atoms with Crippen molar-refractivity contribution in [3.63, 3.8) is 0 Å². The third-order valence-electron chi connectivity index (χ3n) is 0.667. The van der Waals surface area contributed by atoms with Crippen molar-refractivity contribution < 1.29 is 59.4 Å². The van der Waals surface area contributed by atoms with E-state index in [0.717, 1.165) is 0 Å². The Kier molecular flexibility index (Phi) is 46.9. The topological polar surface area (TPSA) is 72.0 Å². The van der Waals surface area contributed by atoms with Crippen LogP contribution < -0.4 is 53.7 Å². The van der Waals surface area contributed by atoms with Gasteiger partial charge < -0.3 is 16.3 Å². The SMILES string of the molecule is CC(C)NC(C)C.[Li+].[Na+].[OH-].[OH-]. The van der Waals surface area contributed by atoms with Crippen molar-refractivity contribution in [3.8, 4) is 0 Å². The molecule has 0 fully saturated rings. The van der Waals surface area contributed by atoms with Gasteiger partial charge in [-0.05, 0) is 0 Å². The molecule has 11 heavy (non-hydrogen) atoms. The van der Waals surface area contributed by atoms with Gasteiger partial charge in [0.15, 0.2) is 0 Å². The minimum atomic E-state index is 0. The quantitative estimate of drug-likeness (QED) is 0.417. The summed E-state index contributed by atoms with van der Waals surface area (Å²) in [5.41, 5.74) is 0. The van der Waals surface area contributed by atoms with E-state index in [-0.39, 0.29) is 59.4 Å². The second-order valence-corrected chi connectivity index (χ2v) is 2.48. The molecule has 0 aliphatic rings. The first-order chi connectivity index (χ1) is 3.13. The largest absolute Gasteiger partial charge is 1.00 e. The molecule has 0 atom stereocenters. The van der Waals surface area contributed by atoms with E-state index in [1.165, 1.54) is 0 Å². The first-order valence-electron chi connectivity index (χ1n) is 2.89. The molecule has 0 radical (unpaired) electrons. The third-order valence-corrected chi connectivity index (χ3v) is 0.667. The van der Waals surface area contributed by atoms with Crippen LogP contribution in [0.15, 0.2) is 0 Å². The Morgan fingerprint density at radius 3 is 1.00 bits per heavy atom. The molecular formula is C6H17LiNNaO2. The maximum Gasteiger partial charge on any atom is 1.00 e. The normalized spacial score (nSPS) is 7.09. The van der Waals surface area contributed by atoms with Gasteiger partial charge >= 0.3 is 48.4 Å². The smallest absolute Gasteiger partial charge is 0.870 e. The van der Waals surface area contributed by atoms with Crippen molar-refractivity contribution in [2.75, 3.05) is 0 Å². The van der Waals surface area contributed by atoms with Gasteiger partial charge in [0.2, 0.25) is 0 Å². The fourth-order valence-electron chi connectivity index (χ4n) is 0.667. The van der Waals surface area contributed by atoms with E-state index in [1.54, 1.807) is 0 Å². The maximum absolute atomic E-state index is 3.31. The molecule has 0 aliphatic heterocycles. The fraction of sp³-hybridized carbons (Fsp3) is 1.00. The Morgan fingerprint density at radius 2 is 1.00 bits per heavy atom. The molecule has 0 unspecified atom stereocenters. The number of rotatable bonds is 2. The van der Waals surface area contributed by atoms with E-state index in [2.05, 4.69) is 33.0 Å². The zero-order valence-electron chi connectivity index (χ0n) is 8.55. The van der Waals surface area contributed by atoms with Gasteiger partial charge in [0.05, 0.1) is 0 Å². The van der Waals surface area contributed by atoms with Crippen LogP contribution in [-0.4, -0.2) is 23.0 Å². The van der Waals surface area contributed by atoms with Crippen LogP contribution >= 0.6 is 0 Å². The van der Waals surface area contributed by atoms with Crippen LogP contribution in [0.4, 0.5) is 0 Å². The van der Waals surface area contributed by atoms with Crippen molar-refractivity contribution in [1.82, 2.24) is 5.32 Å². The van der Waals surface area contributed by atoms with E-state index < -0.39 is 0 Å². The van der Waals surface area contributed by atoms with Gasteiger partial charge in [0.1, 0.15) is 0 Å². The summed E-state index contributed by atoms with van der Waals surface area (Å²) in [6.07, 6.45) is 0. The fourth-order valence-corrected chi connectivity index (χ4v) is 0.667. The molecule has 0 rings (SSSR count). The Labute approximate surface area is 104 Å². The molecular weight excluding hydrogens is 148 g/mol. The van der Waals surface area contributed by atoms with E-state index in [1.807, 2.05) is 0 Å². The minimum Gasteiger partial charge on any atom is -0.870 e. The molecule has 0 aromatic carbocycles. The molecule has 0 aromatic heterocycles. The van der Waals surface area contributed by atoms with Crippen molar-refractivity contribution in [1.29, 1.82) is 0 Å². The zero-order chi connectivity index (χ0) is 5.86. The Bertz CT molecular complexity index is 49.8. The molecule has 0 saturated heterocycles. The summed E-state index contributed by atoms with van der Waals surface area (Å²) >= 11 is 0. The first kappa shape index (κ1) is 29.4. The summed E-state index contributed by atoms with van der Waals surface area (Å²) in [6.45, 7) is 8.61. The van der Waals surface area contributed by atoms with E-state index in [4.69, 9.17) is 0 Å².